The van der Waals surface area contributed by atoms with Crippen LogP contribution in [-0.4, -0.2) is 38.0 Å². The smallest absolute Gasteiger partial charge is 0.0836 e. The van der Waals surface area contributed by atoms with Crippen molar-refractivity contribution in [2.75, 3.05) is 26.3 Å². The molecular weight excluding hydrogens is 214 g/mol. The summed E-state index contributed by atoms with van der Waals surface area (Å²) < 4.78 is 12.1. The predicted molar refractivity (Wildman–Crippen MR) is 67.1 cm³/mol. The van der Waals surface area contributed by atoms with Gasteiger partial charge in [0, 0.05) is 19.6 Å². The third kappa shape index (κ3) is 2.83. The quantitative estimate of drug-likeness (QED) is 0.818. The number of piperidine rings is 1. The van der Waals surface area contributed by atoms with E-state index in [1.807, 2.05) is 0 Å². The number of ether oxygens (including phenoxy) is 2. The van der Waals surface area contributed by atoms with E-state index in [1.54, 1.807) is 0 Å². The van der Waals surface area contributed by atoms with E-state index in [0.717, 1.165) is 38.6 Å². The van der Waals surface area contributed by atoms with Crippen molar-refractivity contribution in [2.24, 2.45) is 5.92 Å². The second-order valence-corrected chi connectivity index (χ2v) is 6.08. The first-order valence-electron chi connectivity index (χ1n) is 7.33. The molecule has 3 aliphatic rings. The first-order chi connectivity index (χ1) is 8.36. The Balaban J connectivity index is 1.43. The molecule has 0 amide bonds. The Labute approximate surface area is 104 Å². The van der Waals surface area contributed by atoms with Gasteiger partial charge < -0.3 is 14.8 Å². The summed E-state index contributed by atoms with van der Waals surface area (Å²) in [6.07, 6.45) is 9.48. The van der Waals surface area contributed by atoms with E-state index in [9.17, 15) is 0 Å². The van der Waals surface area contributed by atoms with Gasteiger partial charge in [0.15, 0.2) is 0 Å². The van der Waals surface area contributed by atoms with Gasteiger partial charge in [-0.1, -0.05) is 12.8 Å². The van der Waals surface area contributed by atoms with Gasteiger partial charge in [-0.2, -0.15) is 0 Å². The summed E-state index contributed by atoms with van der Waals surface area (Å²) in [7, 11) is 0. The number of hydrogen-bond donors (Lipinski definition) is 1. The molecule has 17 heavy (non-hydrogen) atoms. The van der Waals surface area contributed by atoms with Crippen molar-refractivity contribution >= 4 is 0 Å². The summed E-state index contributed by atoms with van der Waals surface area (Å²) in [6.45, 7) is 3.96. The zero-order chi connectivity index (χ0) is 11.6. The number of nitrogens with one attached hydrogen (secondary N) is 1. The average Bonchev–Trinajstić information content (AvgIpc) is 2.98. The van der Waals surface area contributed by atoms with Crippen molar-refractivity contribution in [3.8, 4) is 0 Å². The molecule has 0 aromatic heterocycles. The SMILES string of the molecule is C1CCC(CO[C@@H]2CO[C@]3(CCCNC3)C2)C1. The lowest BCUT2D eigenvalue weighted by molar-refractivity contribution is -0.0201. The second-order valence-electron chi connectivity index (χ2n) is 6.08. The van der Waals surface area contributed by atoms with Crippen molar-refractivity contribution in [1.29, 1.82) is 0 Å². The van der Waals surface area contributed by atoms with Crippen LogP contribution >= 0.6 is 0 Å². The minimum absolute atomic E-state index is 0.110. The summed E-state index contributed by atoms with van der Waals surface area (Å²) in [6, 6.07) is 0. The van der Waals surface area contributed by atoms with Crippen LogP contribution < -0.4 is 5.32 Å². The van der Waals surface area contributed by atoms with E-state index in [1.165, 1.54) is 38.5 Å². The highest BCUT2D eigenvalue weighted by Gasteiger charge is 2.41. The highest BCUT2D eigenvalue weighted by atomic mass is 16.6. The van der Waals surface area contributed by atoms with Crippen LogP contribution in [0.5, 0.6) is 0 Å². The molecule has 98 valence electrons. The zero-order valence-corrected chi connectivity index (χ0v) is 10.7. The standard InChI is InChI=1S/C14H25NO2/c1-2-5-12(4-1)9-16-13-8-14(17-10-13)6-3-7-15-11-14/h12-13,15H,1-11H2/t13-,14+/m0/s1. The molecule has 1 saturated carbocycles. The van der Waals surface area contributed by atoms with Crippen LogP contribution in [-0.2, 0) is 9.47 Å². The highest BCUT2D eigenvalue weighted by Crippen LogP contribution is 2.34. The fraction of sp³-hybridized carbons (Fsp3) is 1.00. The van der Waals surface area contributed by atoms with Crippen LogP contribution in [0.25, 0.3) is 0 Å². The Kier molecular flexibility index (Phi) is 3.69. The number of rotatable bonds is 3. The van der Waals surface area contributed by atoms with E-state index in [4.69, 9.17) is 9.47 Å². The van der Waals surface area contributed by atoms with Crippen LogP contribution in [0.3, 0.4) is 0 Å². The fourth-order valence-corrected chi connectivity index (χ4v) is 3.60. The molecule has 2 aliphatic heterocycles. The van der Waals surface area contributed by atoms with Crippen molar-refractivity contribution in [3.05, 3.63) is 0 Å². The Bertz CT molecular complexity index is 245. The summed E-state index contributed by atoms with van der Waals surface area (Å²) >= 11 is 0. The van der Waals surface area contributed by atoms with Gasteiger partial charge in [0.25, 0.3) is 0 Å². The Hall–Kier alpha value is -0.120. The van der Waals surface area contributed by atoms with Gasteiger partial charge >= 0.3 is 0 Å². The van der Waals surface area contributed by atoms with Crippen LogP contribution in [0.2, 0.25) is 0 Å². The third-order valence-corrected chi connectivity index (χ3v) is 4.65. The molecule has 2 saturated heterocycles. The molecule has 1 spiro atoms. The Morgan fingerprint density at radius 2 is 2.12 bits per heavy atom. The molecule has 2 heterocycles. The molecule has 0 aromatic carbocycles. The molecule has 0 radical (unpaired) electrons. The van der Waals surface area contributed by atoms with Gasteiger partial charge in [-0.25, -0.2) is 0 Å². The van der Waals surface area contributed by atoms with Crippen molar-refractivity contribution in [2.45, 2.75) is 56.7 Å². The second kappa shape index (κ2) is 5.25. The molecule has 0 aromatic rings. The van der Waals surface area contributed by atoms with Crippen LogP contribution in [0.1, 0.15) is 44.9 Å². The lowest BCUT2D eigenvalue weighted by Gasteiger charge is -2.32. The van der Waals surface area contributed by atoms with Crippen LogP contribution in [0.4, 0.5) is 0 Å². The first kappa shape index (κ1) is 11.9. The molecular formula is C14H25NO2. The molecule has 2 atom stereocenters. The summed E-state index contributed by atoms with van der Waals surface area (Å²) in [5.74, 6) is 0.830. The van der Waals surface area contributed by atoms with Gasteiger partial charge in [-0.15, -0.1) is 0 Å². The number of hydrogen-bond acceptors (Lipinski definition) is 3. The van der Waals surface area contributed by atoms with Crippen molar-refractivity contribution in [3.63, 3.8) is 0 Å². The lowest BCUT2D eigenvalue weighted by Crippen LogP contribution is -2.45. The average molecular weight is 239 g/mol. The normalized spacial score (nSPS) is 39.2. The maximum absolute atomic E-state index is 6.06. The molecule has 3 nitrogen and oxygen atoms in total. The molecule has 1 N–H and O–H groups in total. The predicted octanol–water partition coefficient (Wildman–Crippen LogP) is 2.10. The summed E-state index contributed by atoms with van der Waals surface area (Å²) in [5, 5.41) is 3.45. The monoisotopic (exact) mass is 239 g/mol. The minimum atomic E-state index is 0.110. The molecule has 0 unspecified atom stereocenters. The Morgan fingerprint density at radius 1 is 1.24 bits per heavy atom. The van der Waals surface area contributed by atoms with E-state index >= 15 is 0 Å². The van der Waals surface area contributed by atoms with Gasteiger partial charge in [-0.3, -0.25) is 0 Å². The largest absolute Gasteiger partial charge is 0.375 e. The molecule has 0 bridgehead atoms. The van der Waals surface area contributed by atoms with Crippen molar-refractivity contribution < 1.29 is 9.47 Å². The maximum Gasteiger partial charge on any atom is 0.0836 e. The Morgan fingerprint density at radius 3 is 2.88 bits per heavy atom. The van der Waals surface area contributed by atoms with E-state index in [-0.39, 0.29) is 5.60 Å². The van der Waals surface area contributed by atoms with E-state index < -0.39 is 0 Å². The fourth-order valence-electron chi connectivity index (χ4n) is 3.60. The van der Waals surface area contributed by atoms with Crippen molar-refractivity contribution in [1.82, 2.24) is 5.32 Å². The summed E-state index contributed by atoms with van der Waals surface area (Å²) in [4.78, 5) is 0. The topological polar surface area (TPSA) is 30.5 Å². The van der Waals surface area contributed by atoms with Gasteiger partial charge in [0.1, 0.15) is 0 Å². The molecule has 3 rings (SSSR count). The lowest BCUT2D eigenvalue weighted by atomic mass is 9.90. The first-order valence-corrected chi connectivity index (χ1v) is 7.33. The molecule has 3 heteroatoms. The van der Waals surface area contributed by atoms with Gasteiger partial charge in [0.2, 0.25) is 0 Å². The summed E-state index contributed by atoms with van der Waals surface area (Å²) in [5.41, 5.74) is 0.110. The zero-order valence-electron chi connectivity index (χ0n) is 10.7. The molecule has 1 aliphatic carbocycles. The third-order valence-electron chi connectivity index (χ3n) is 4.65. The van der Waals surface area contributed by atoms with Crippen LogP contribution in [0.15, 0.2) is 0 Å². The van der Waals surface area contributed by atoms with Gasteiger partial charge in [-0.05, 0) is 38.1 Å². The van der Waals surface area contributed by atoms with E-state index in [0.29, 0.717) is 6.10 Å². The van der Waals surface area contributed by atoms with Gasteiger partial charge in [0.05, 0.1) is 18.3 Å². The maximum atomic E-state index is 6.06. The molecule has 3 fully saturated rings. The van der Waals surface area contributed by atoms with E-state index in [2.05, 4.69) is 5.32 Å². The minimum Gasteiger partial charge on any atom is -0.375 e. The highest BCUT2D eigenvalue weighted by molar-refractivity contribution is 4.94. The van der Waals surface area contributed by atoms with Crippen LogP contribution in [0, 0.1) is 5.92 Å².